The molecule has 2 fully saturated rings. The summed E-state index contributed by atoms with van der Waals surface area (Å²) in [6.45, 7) is 6.24. The van der Waals surface area contributed by atoms with Gasteiger partial charge in [-0.25, -0.2) is 4.39 Å². The normalized spacial score (nSPS) is 25.7. The van der Waals surface area contributed by atoms with Crippen LogP contribution in [0.4, 0.5) is 4.39 Å². The number of fused-ring (bicyclic) bond motifs is 1. The fraction of sp³-hybridized carbons (Fsp3) is 0.455. The predicted octanol–water partition coefficient (Wildman–Crippen LogP) is 3.68. The van der Waals surface area contributed by atoms with E-state index in [4.69, 9.17) is 0 Å². The van der Waals surface area contributed by atoms with Gasteiger partial charge in [-0.2, -0.15) is 0 Å². The Morgan fingerprint density at radius 1 is 1.19 bits per heavy atom. The molecule has 0 saturated carbocycles. The minimum Gasteiger partial charge on any atom is -0.331 e. The molecule has 0 radical (unpaired) electrons. The van der Waals surface area contributed by atoms with Crippen molar-refractivity contribution in [3.8, 4) is 0 Å². The van der Waals surface area contributed by atoms with Gasteiger partial charge in [-0.3, -0.25) is 14.7 Å². The molecule has 4 rings (SSSR count). The van der Waals surface area contributed by atoms with Crippen molar-refractivity contribution in [2.45, 2.75) is 57.8 Å². The Morgan fingerprint density at radius 3 is 2.78 bits per heavy atom. The van der Waals surface area contributed by atoms with Crippen LogP contribution in [0, 0.1) is 12.7 Å². The zero-order valence-corrected chi connectivity index (χ0v) is 16.0. The van der Waals surface area contributed by atoms with Crippen molar-refractivity contribution in [1.29, 1.82) is 0 Å². The number of benzene rings is 1. The molecule has 0 N–H and O–H groups in total. The SMILES string of the molecule is Cc1cccc(CN2CC[C@@]3(C)[C@@H]2CCC(=O)N3Cc2ccccc2F)n1. The van der Waals surface area contributed by atoms with Gasteiger partial charge in [-0.05, 0) is 44.9 Å². The van der Waals surface area contributed by atoms with Crippen LogP contribution in [0.15, 0.2) is 42.5 Å². The summed E-state index contributed by atoms with van der Waals surface area (Å²) in [7, 11) is 0. The Bertz CT molecular complexity index is 855. The van der Waals surface area contributed by atoms with Crippen LogP contribution in [0.5, 0.6) is 0 Å². The summed E-state index contributed by atoms with van der Waals surface area (Å²) in [6.07, 6.45) is 2.28. The minimum atomic E-state index is -0.262. The van der Waals surface area contributed by atoms with E-state index in [1.165, 1.54) is 6.07 Å². The van der Waals surface area contributed by atoms with E-state index in [1.807, 2.05) is 30.0 Å². The third kappa shape index (κ3) is 3.36. The summed E-state index contributed by atoms with van der Waals surface area (Å²) >= 11 is 0. The highest BCUT2D eigenvalue weighted by atomic mass is 19.1. The van der Waals surface area contributed by atoms with Crippen LogP contribution >= 0.6 is 0 Å². The molecule has 3 heterocycles. The first kappa shape index (κ1) is 18.1. The second kappa shape index (κ2) is 7.04. The number of likely N-dealkylation sites (tertiary alicyclic amines) is 2. The molecule has 0 bridgehead atoms. The second-order valence-corrected chi connectivity index (χ2v) is 7.97. The van der Waals surface area contributed by atoms with Crippen molar-refractivity contribution in [3.63, 3.8) is 0 Å². The Kier molecular flexibility index (Phi) is 4.72. The quantitative estimate of drug-likeness (QED) is 0.827. The van der Waals surface area contributed by atoms with E-state index in [2.05, 4.69) is 22.9 Å². The molecule has 5 heteroatoms. The molecule has 0 unspecified atom stereocenters. The molecule has 2 aliphatic rings. The van der Waals surface area contributed by atoms with Crippen LogP contribution in [0.1, 0.15) is 43.1 Å². The minimum absolute atomic E-state index is 0.132. The Labute approximate surface area is 160 Å². The third-order valence-electron chi connectivity index (χ3n) is 6.21. The van der Waals surface area contributed by atoms with Gasteiger partial charge in [-0.15, -0.1) is 0 Å². The first-order valence-electron chi connectivity index (χ1n) is 9.68. The van der Waals surface area contributed by atoms with Crippen molar-refractivity contribution >= 4 is 5.91 Å². The molecule has 0 aliphatic carbocycles. The van der Waals surface area contributed by atoms with E-state index in [0.29, 0.717) is 18.5 Å². The van der Waals surface area contributed by atoms with Crippen molar-refractivity contribution in [1.82, 2.24) is 14.8 Å². The molecule has 142 valence electrons. The second-order valence-electron chi connectivity index (χ2n) is 7.97. The van der Waals surface area contributed by atoms with E-state index in [-0.39, 0.29) is 23.3 Å². The maximum Gasteiger partial charge on any atom is 0.223 e. The summed E-state index contributed by atoms with van der Waals surface area (Å²) < 4.78 is 14.2. The summed E-state index contributed by atoms with van der Waals surface area (Å²) in [4.78, 5) is 21.7. The van der Waals surface area contributed by atoms with Gasteiger partial charge < -0.3 is 4.90 Å². The number of pyridine rings is 1. The average Bonchev–Trinajstić information content (AvgIpc) is 2.96. The lowest BCUT2D eigenvalue weighted by Gasteiger charge is -2.48. The number of aryl methyl sites for hydroxylation is 1. The number of rotatable bonds is 4. The molecule has 0 spiro atoms. The van der Waals surface area contributed by atoms with Crippen molar-refractivity contribution in [3.05, 3.63) is 65.2 Å². The van der Waals surface area contributed by atoms with Gasteiger partial charge in [0.15, 0.2) is 0 Å². The lowest BCUT2D eigenvalue weighted by Crippen LogP contribution is -2.60. The van der Waals surface area contributed by atoms with Crippen molar-refractivity contribution in [2.75, 3.05) is 6.54 Å². The topological polar surface area (TPSA) is 36.4 Å². The third-order valence-corrected chi connectivity index (χ3v) is 6.21. The fourth-order valence-electron chi connectivity index (χ4n) is 4.72. The highest BCUT2D eigenvalue weighted by Crippen LogP contribution is 2.42. The van der Waals surface area contributed by atoms with Gasteiger partial charge in [0, 0.05) is 43.4 Å². The largest absolute Gasteiger partial charge is 0.331 e. The molecule has 2 aliphatic heterocycles. The van der Waals surface area contributed by atoms with Crippen molar-refractivity contribution in [2.24, 2.45) is 0 Å². The molecule has 4 nitrogen and oxygen atoms in total. The van der Waals surface area contributed by atoms with E-state index in [0.717, 1.165) is 37.3 Å². The lowest BCUT2D eigenvalue weighted by molar-refractivity contribution is -0.144. The standard InChI is InChI=1S/C22H26FN3O/c1-16-6-5-8-18(24-16)15-25-13-12-22(2)20(25)10-11-21(27)26(22)14-17-7-3-4-9-19(17)23/h3-9,20H,10-15H2,1-2H3/t20-,22-/m0/s1. The summed E-state index contributed by atoms with van der Waals surface area (Å²) in [6, 6.07) is 13.2. The Hall–Kier alpha value is -2.27. The van der Waals surface area contributed by atoms with Crippen LogP contribution in [-0.2, 0) is 17.9 Å². The number of nitrogens with zero attached hydrogens (tertiary/aromatic N) is 3. The maximum atomic E-state index is 14.2. The van der Waals surface area contributed by atoms with E-state index < -0.39 is 0 Å². The van der Waals surface area contributed by atoms with Gasteiger partial charge in [0.2, 0.25) is 5.91 Å². The molecule has 2 aromatic rings. The Balaban J connectivity index is 1.57. The average molecular weight is 367 g/mol. The van der Waals surface area contributed by atoms with Crippen LogP contribution in [0.2, 0.25) is 0 Å². The number of carbonyl (C=O) groups excluding carboxylic acids is 1. The van der Waals surface area contributed by atoms with Crippen LogP contribution in [0.25, 0.3) is 0 Å². The van der Waals surface area contributed by atoms with Crippen molar-refractivity contribution < 1.29 is 9.18 Å². The molecular formula is C22H26FN3O. The van der Waals surface area contributed by atoms with Gasteiger partial charge in [-0.1, -0.05) is 24.3 Å². The zero-order valence-electron chi connectivity index (χ0n) is 16.0. The molecule has 27 heavy (non-hydrogen) atoms. The zero-order chi connectivity index (χ0) is 19.0. The highest BCUT2D eigenvalue weighted by molar-refractivity contribution is 5.78. The van der Waals surface area contributed by atoms with E-state index >= 15 is 0 Å². The molecule has 2 saturated heterocycles. The van der Waals surface area contributed by atoms with Crippen LogP contribution < -0.4 is 0 Å². The highest BCUT2D eigenvalue weighted by Gasteiger charge is 2.51. The number of piperidine rings is 1. The molecule has 1 amide bonds. The number of carbonyl (C=O) groups is 1. The first-order chi connectivity index (χ1) is 13.0. The van der Waals surface area contributed by atoms with Gasteiger partial charge in [0.05, 0.1) is 11.2 Å². The maximum absolute atomic E-state index is 14.2. The Morgan fingerprint density at radius 2 is 2.00 bits per heavy atom. The molecule has 2 atom stereocenters. The smallest absolute Gasteiger partial charge is 0.223 e. The fourth-order valence-corrected chi connectivity index (χ4v) is 4.72. The monoisotopic (exact) mass is 367 g/mol. The van der Waals surface area contributed by atoms with Crippen LogP contribution in [0.3, 0.4) is 0 Å². The van der Waals surface area contributed by atoms with E-state index in [1.54, 1.807) is 12.1 Å². The van der Waals surface area contributed by atoms with Gasteiger partial charge in [0.25, 0.3) is 0 Å². The first-order valence-corrected chi connectivity index (χ1v) is 9.68. The number of hydrogen-bond acceptors (Lipinski definition) is 3. The van der Waals surface area contributed by atoms with Gasteiger partial charge in [0.1, 0.15) is 5.82 Å². The number of halogens is 1. The predicted molar refractivity (Wildman–Crippen MR) is 102 cm³/mol. The number of aromatic nitrogens is 1. The molecule has 1 aromatic heterocycles. The number of hydrogen-bond donors (Lipinski definition) is 0. The summed E-state index contributed by atoms with van der Waals surface area (Å²) in [5, 5.41) is 0. The molecule has 1 aromatic carbocycles. The summed E-state index contributed by atoms with van der Waals surface area (Å²) in [5.41, 5.74) is 2.42. The summed E-state index contributed by atoms with van der Waals surface area (Å²) in [5.74, 6) is -0.109. The van der Waals surface area contributed by atoms with Gasteiger partial charge >= 0.3 is 0 Å². The number of amides is 1. The van der Waals surface area contributed by atoms with E-state index in [9.17, 15) is 9.18 Å². The lowest BCUT2D eigenvalue weighted by atomic mass is 9.83. The molecular weight excluding hydrogens is 341 g/mol. The van der Waals surface area contributed by atoms with Crippen LogP contribution in [-0.4, -0.2) is 38.8 Å².